The minimum Gasteiger partial charge on any atom is -0.481 e. The third kappa shape index (κ3) is 5.66. The lowest BCUT2D eigenvalue weighted by molar-refractivity contribution is -0.843. The van der Waals surface area contributed by atoms with Crippen molar-refractivity contribution in [1.82, 2.24) is 0 Å². The molecule has 22 heavy (non-hydrogen) atoms. The number of ether oxygens (including phenoxy) is 2. The zero-order valence-corrected chi connectivity index (χ0v) is 11.9. The number of carbonyl (C=O) groups is 3. The zero-order chi connectivity index (χ0) is 16.6. The van der Waals surface area contributed by atoms with Gasteiger partial charge in [-0.3, -0.25) is 4.79 Å². The average Bonchev–Trinajstić information content (AvgIpc) is 2.82. The third-order valence-corrected chi connectivity index (χ3v) is 3.15. The maximum absolute atomic E-state index is 10.8. The number of rotatable bonds is 10. The van der Waals surface area contributed by atoms with E-state index >= 15 is 0 Å². The van der Waals surface area contributed by atoms with E-state index in [1.165, 1.54) is 0 Å². The Morgan fingerprint density at radius 2 is 1.73 bits per heavy atom. The van der Waals surface area contributed by atoms with Crippen LogP contribution >= 0.6 is 0 Å². The number of hydrogen-bond donors (Lipinski definition) is 3. The van der Waals surface area contributed by atoms with E-state index in [2.05, 4.69) is 4.99 Å². The number of carboxylic acids is 3. The summed E-state index contributed by atoms with van der Waals surface area (Å²) in [4.78, 5) is 35.9. The van der Waals surface area contributed by atoms with Crippen molar-refractivity contribution in [1.29, 1.82) is 0 Å². The van der Waals surface area contributed by atoms with Crippen molar-refractivity contribution in [2.24, 2.45) is 4.99 Å². The lowest BCUT2D eigenvalue weighted by atomic mass is 10.3. The van der Waals surface area contributed by atoms with Crippen molar-refractivity contribution in [3.8, 4) is 0 Å². The van der Waals surface area contributed by atoms with Gasteiger partial charge in [0.2, 0.25) is 0 Å². The molecule has 0 bridgehead atoms. The van der Waals surface area contributed by atoms with E-state index in [-0.39, 0.29) is 36.6 Å². The molecule has 3 N–H and O–H groups in total. The molecule has 0 spiro atoms. The van der Waals surface area contributed by atoms with Gasteiger partial charge in [0.05, 0.1) is 26.1 Å². The Hall–Kier alpha value is -2.20. The molecular formula is C12H19N2O8+. The minimum absolute atomic E-state index is 0.0409. The largest absolute Gasteiger partial charge is 0.481 e. The molecule has 10 nitrogen and oxygen atoms in total. The number of aliphatic carboxylic acids is 3. The van der Waals surface area contributed by atoms with E-state index in [4.69, 9.17) is 24.8 Å². The van der Waals surface area contributed by atoms with Crippen LogP contribution in [0, 0.1) is 0 Å². The summed E-state index contributed by atoms with van der Waals surface area (Å²) in [5, 5.41) is 26.0. The van der Waals surface area contributed by atoms with Crippen molar-refractivity contribution in [3.05, 3.63) is 0 Å². The molecule has 1 unspecified atom stereocenters. The van der Waals surface area contributed by atoms with Crippen molar-refractivity contribution in [2.75, 3.05) is 46.0 Å². The summed E-state index contributed by atoms with van der Waals surface area (Å²) >= 11 is 0. The van der Waals surface area contributed by atoms with Gasteiger partial charge < -0.3 is 24.8 Å². The summed E-state index contributed by atoms with van der Waals surface area (Å²) in [5.41, 5.74) is 0. The Labute approximate surface area is 126 Å². The first-order valence-electron chi connectivity index (χ1n) is 6.63. The molecule has 0 aromatic rings. The number of carboxylic acid groups (broad SMARTS) is 3. The van der Waals surface area contributed by atoms with Gasteiger partial charge in [0.15, 0.2) is 6.61 Å². The number of nitrogens with zero attached hydrogens (tertiary/aromatic N) is 2. The molecule has 0 radical (unpaired) electrons. The molecule has 0 fully saturated rings. The summed E-state index contributed by atoms with van der Waals surface area (Å²) < 4.78 is 10.2. The maximum atomic E-state index is 10.8. The molecule has 1 aliphatic heterocycles. The highest BCUT2D eigenvalue weighted by Gasteiger charge is 2.40. The van der Waals surface area contributed by atoms with Crippen LogP contribution in [0.15, 0.2) is 4.99 Å². The van der Waals surface area contributed by atoms with Crippen molar-refractivity contribution < 1.29 is 43.7 Å². The number of quaternary nitrogens is 1. The Balaban J connectivity index is 2.68. The van der Waals surface area contributed by atoms with Crippen LogP contribution in [0.5, 0.6) is 0 Å². The molecule has 0 aliphatic carbocycles. The van der Waals surface area contributed by atoms with E-state index in [0.29, 0.717) is 13.1 Å². The van der Waals surface area contributed by atoms with Crippen molar-refractivity contribution >= 4 is 23.9 Å². The smallest absolute Gasteiger partial charge is 0.394 e. The number of hydrogen-bond acceptors (Lipinski definition) is 6. The SMILES string of the molecule is O=C(O)CC[N+]1(CCOCC(=O)O)CCN=C1OCC(=O)O. The predicted molar refractivity (Wildman–Crippen MR) is 71.5 cm³/mol. The van der Waals surface area contributed by atoms with Gasteiger partial charge in [-0.1, -0.05) is 0 Å². The third-order valence-electron chi connectivity index (χ3n) is 3.15. The maximum Gasteiger partial charge on any atom is 0.394 e. The van der Waals surface area contributed by atoms with Crippen molar-refractivity contribution in [3.63, 3.8) is 0 Å². The standard InChI is InChI=1S/C12H18N2O8/c15-9(16)1-3-14(5-6-21-7-10(17)18)4-2-13-12(14)22-8-11(19)20/h1-8H2,(H2-,15,16,17,18,19,20)/p+1. The fraction of sp³-hybridized carbons (Fsp3) is 0.667. The van der Waals surface area contributed by atoms with E-state index in [1.807, 2.05) is 0 Å². The van der Waals surface area contributed by atoms with Crippen LogP contribution < -0.4 is 0 Å². The second kappa shape index (κ2) is 8.29. The van der Waals surface area contributed by atoms with Crippen LogP contribution in [-0.2, 0) is 23.9 Å². The van der Waals surface area contributed by atoms with Gasteiger partial charge in [-0.2, -0.15) is 4.99 Å². The summed E-state index contributed by atoms with van der Waals surface area (Å²) in [7, 11) is 0. The molecule has 0 amide bonds. The van der Waals surface area contributed by atoms with Crippen LogP contribution in [0.3, 0.4) is 0 Å². The van der Waals surface area contributed by atoms with E-state index in [0.717, 1.165) is 0 Å². The summed E-state index contributed by atoms with van der Waals surface area (Å²) in [6, 6.07) is 0.155. The van der Waals surface area contributed by atoms with E-state index in [1.54, 1.807) is 0 Å². The first-order chi connectivity index (χ1) is 10.4. The summed E-state index contributed by atoms with van der Waals surface area (Å²) in [6.45, 7) is 0.319. The molecule has 0 aromatic carbocycles. The molecule has 1 atom stereocenters. The lowest BCUT2D eigenvalue weighted by Gasteiger charge is -2.32. The molecule has 124 valence electrons. The topological polar surface area (TPSA) is 143 Å². The van der Waals surface area contributed by atoms with Gasteiger partial charge >= 0.3 is 23.9 Å². The van der Waals surface area contributed by atoms with Crippen LogP contribution in [0.4, 0.5) is 0 Å². The van der Waals surface area contributed by atoms with Crippen LogP contribution in [0.1, 0.15) is 6.42 Å². The van der Waals surface area contributed by atoms with Gasteiger partial charge in [0.1, 0.15) is 19.7 Å². The van der Waals surface area contributed by atoms with E-state index < -0.39 is 31.1 Å². The summed E-state index contributed by atoms with van der Waals surface area (Å²) in [5.74, 6) is -3.25. The van der Waals surface area contributed by atoms with Crippen LogP contribution in [0.2, 0.25) is 0 Å². The summed E-state index contributed by atoms with van der Waals surface area (Å²) in [6.07, 6.45) is -0.144. The first-order valence-corrected chi connectivity index (χ1v) is 6.63. The van der Waals surface area contributed by atoms with Gasteiger partial charge in [0.25, 0.3) is 0 Å². The molecule has 0 aromatic heterocycles. The second-order valence-electron chi connectivity index (χ2n) is 4.75. The van der Waals surface area contributed by atoms with Crippen molar-refractivity contribution in [2.45, 2.75) is 6.42 Å². The highest BCUT2D eigenvalue weighted by atomic mass is 16.5. The molecule has 0 saturated heterocycles. The molecule has 0 saturated carbocycles. The quantitative estimate of drug-likeness (QED) is 0.338. The Kier molecular flexibility index (Phi) is 6.73. The second-order valence-corrected chi connectivity index (χ2v) is 4.75. The van der Waals surface area contributed by atoms with Gasteiger partial charge in [-0.25, -0.2) is 14.1 Å². The highest BCUT2D eigenvalue weighted by molar-refractivity contribution is 5.74. The number of aliphatic imine (C=N–C) groups is 1. The fourth-order valence-corrected chi connectivity index (χ4v) is 2.13. The number of amidine groups is 1. The van der Waals surface area contributed by atoms with Crippen LogP contribution in [-0.4, -0.2) is 89.7 Å². The first kappa shape index (κ1) is 17.9. The average molecular weight is 319 g/mol. The predicted octanol–water partition coefficient (Wildman–Crippen LogP) is -1.15. The Bertz CT molecular complexity index is 464. The molecule has 10 heteroatoms. The fourth-order valence-electron chi connectivity index (χ4n) is 2.13. The normalized spacial score (nSPS) is 20.5. The van der Waals surface area contributed by atoms with E-state index in [9.17, 15) is 14.4 Å². The highest BCUT2D eigenvalue weighted by Crippen LogP contribution is 2.17. The Morgan fingerprint density at radius 3 is 2.32 bits per heavy atom. The molecule has 1 rings (SSSR count). The van der Waals surface area contributed by atoms with Crippen LogP contribution in [0.25, 0.3) is 0 Å². The lowest BCUT2D eigenvalue weighted by Crippen LogP contribution is -2.55. The van der Waals surface area contributed by atoms with Gasteiger partial charge in [-0.05, 0) is 0 Å². The van der Waals surface area contributed by atoms with Gasteiger partial charge in [-0.15, -0.1) is 0 Å². The van der Waals surface area contributed by atoms with Gasteiger partial charge in [0, 0.05) is 0 Å². The Morgan fingerprint density at radius 1 is 1.05 bits per heavy atom. The monoisotopic (exact) mass is 319 g/mol. The zero-order valence-electron chi connectivity index (χ0n) is 11.9. The minimum atomic E-state index is -1.16. The molecule has 1 heterocycles. The molecular weight excluding hydrogens is 300 g/mol. The molecule has 1 aliphatic rings.